The second kappa shape index (κ2) is 12.5. The van der Waals surface area contributed by atoms with Crippen molar-refractivity contribution in [2.45, 2.75) is 26.9 Å². The van der Waals surface area contributed by atoms with E-state index in [1.165, 1.54) is 12.2 Å². The number of aromatic nitrogens is 1. The summed E-state index contributed by atoms with van der Waals surface area (Å²) in [4.78, 5) is 30.3. The lowest BCUT2D eigenvalue weighted by Crippen LogP contribution is -2.21. The first-order valence-corrected chi connectivity index (χ1v) is 12.6. The number of nitrogens with one attached hydrogen (secondary N) is 1. The van der Waals surface area contributed by atoms with Crippen LogP contribution in [0, 0.1) is 0 Å². The number of fused-ring (bicyclic) bond motifs is 1. The van der Waals surface area contributed by atoms with Crippen molar-refractivity contribution in [3.05, 3.63) is 108 Å². The number of carbonyl (C=O) groups excluding carboxylic acids is 2. The molecule has 1 aromatic heterocycles. The maximum atomic E-state index is 12.5. The molecule has 0 radical (unpaired) electrons. The molecule has 1 heterocycles. The highest BCUT2D eigenvalue weighted by Gasteiger charge is 2.09. The SMILES string of the molecule is CCN(CC)c1ccc(/C=C/C(=O)CC(=O)/C=C/c2ccc3cc[nH]c3c2)c(OCc2ccccc2)c1. The number of nitrogens with zero attached hydrogens (tertiary/aromatic N) is 1. The molecule has 0 saturated heterocycles. The molecule has 4 aromatic rings. The monoisotopic (exact) mass is 492 g/mol. The Labute approximate surface area is 218 Å². The molecule has 0 spiro atoms. The molecule has 4 rings (SSSR count). The zero-order chi connectivity index (χ0) is 26.0. The van der Waals surface area contributed by atoms with Gasteiger partial charge in [0.1, 0.15) is 12.4 Å². The van der Waals surface area contributed by atoms with Crippen molar-refractivity contribution in [3.63, 3.8) is 0 Å². The van der Waals surface area contributed by atoms with Crippen LogP contribution in [-0.2, 0) is 16.2 Å². The van der Waals surface area contributed by atoms with Crippen LogP contribution >= 0.6 is 0 Å². The standard InChI is InChI=1S/C32H32N2O3/c1-3-34(4-2)28-15-13-27(32(21-28)37-23-25-8-6-5-7-9-25)14-17-30(36)22-29(35)16-11-24-10-12-26-18-19-33-31(26)20-24/h5-21,33H,3-4,22-23H2,1-2H3/b16-11+,17-14+. The van der Waals surface area contributed by atoms with Crippen LogP contribution in [0.4, 0.5) is 5.69 Å². The zero-order valence-corrected chi connectivity index (χ0v) is 21.3. The van der Waals surface area contributed by atoms with Gasteiger partial charge in [0, 0.05) is 42.1 Å². The summed E-state index contributed by atoms with van der Waals surface area (Å²) in [5.74, 6) is 0.207. The molecule has 0 unspecified atom stereocenters. The number of allylic oxidation sites excluding steroid dienone is 2. The molecule has 0 fully saturated rings. The summed E-state index contributed by atoms with van der Waals surface area (Å²) in [6.07, 6.45) is 8.08. The van der Waals surface area contributed by atoms with Gasteiger partial charge < -0.3 is 14.6 Å². The van der Waals surface area contributed by atoms with E-state index >= 15 is 0 Å². The summed E-state index contributed by atoms with van der Waals surface area (Å²) in [6.45, 7) is 6.43. The third-order valence-corrected chi connectivity index (χ3v) is 6.20. The van der Waals surface area contributed by atoms with Crippen LogP contribution in [0.15, 0.2) is 91.1 Å². The first-order chi connectivity index (χ1) is 18.1. The number of H-pyrrole nitrogens is 1. The Bertz CT molecular complexity index is 1410. The summed E-state index contributed by atoms with van der Waals surface area (Å²) < 4.78 is 6.16. The van der Waals surface area contributed by atoms with Gasteiger partial charge in [-0.25, -0.2) is 0 Å². The van der Waals surface area contributed by atoms with E-state index in [-0.39, 0.29) is 18.0 Å². The molecule has 5 nitrogen and oxygen atoms in total. The number of ether oxygens (including phenoxy) is 1. The Morgan fingerprint density at radius 3 is 2.38 bits per heavy atom. The molecule has 37 heavy (non-hydrogen) atoms. The van der Waals surface area contributed by atoms with Crippen molar-refractivity contribution in [3.8, 4) is 5.75 Å². The average Bonchev–Trinajstić information content (AvgIpc) is 3.39. The van der Waals surface area contributed by atoms with Crippen molar-refractivity contribution in [2.75, 3.05) is 18.0 Å². The predicted molar refractivity (Wildman–Crippen MR) is 152 cm³/mol. The van der Waals surface area contributed by atoms with Crippen molar-refractivity contribution in [1.82, 2.24) is 4.98 Å². The molecular weight excluding hydrogens is 460 g/mol. The minimum Gasteiger partial charge on any atom is -0.488 e. The minimum absolute atomic E-state index is 0.185. The van der Waals surface area contributed by atoms with E-state index < -0.39 is 0 Å². The lowest BCUT2D eigenvalue weighted by atomic mass is 10.1. The van der Waals surface area contributed by atoms with E-state index in [9.17, 15) is 9.59 Å². The maximum Gasteiger partial charge on any atom is 0.163 e. The third-order valence-electron chi connectivity index (χ3n) is 6.20. The number of anilines is 1. The molecule has 0 aliphatic carbocycles. The topological polar surface area (TPSA) is 62.4 Å². The molecule has 3 aromatic carbocycles. The Kier molecular flexibility index (Phi) is 8.71. The predicted octanol–water partition coefficient (Wildman–Crippen LogP) is 6.85. The first kappa shape index (κ1) is 25.7. The highest BCUT2D eigenvalue weighted by molar-refractivity contribution is 6.11. The van der Waals surface area contributed by atoms with Crippen LogP contribution in [0.25, 0.3) is 23.1 Å². The third kappa shape index (κ3) is 7.07. The fraction of sp³-hybridized carbons (Fsp3) is 0.188. The fourth-order valence-corrected chi connectivity index (χ4v) is 4.14. The van der Waals surface area contributed by atoms with Gasteiger partial charge in [0.2, 0.25) is 0 Å². The molecule has 188 valence electrons. The summed E-state index contributed by atoms with van der Waals surface area (Å²) in [6, 6.07) is 23.9. The highest BCUT2D eigenvalue weighted by Crippen LogP contribution is 2.28. The van der Waals surface area contributed by atoms with Gasteiger partial charge in [-0.3, -0.25) is 9.59 Å². The second-order valence-electron chi connectivity index (χ2n) is 8.77. The van der Waals surface area contributed by atoms with E-state index in [2.05, 4.69) is 23.7 Å². The fourth-order valence-electron chi connectivity index (χ4n) is 4.14. The van der Waals surface area contributed by atoms with Gasteiger partial charge in [-0.05, 0) is 72.9 Å². The lowest BCUT2D eigenvalue weighted by Gasteiger charge is -2.22. The van der Waals surface area contributed by atoms with Crippen molar-refractivity contribution < 1.29 is 14.3 Å². The Balaban J connectivity index is 1.43. The molecule has 5 heteroatoms. The van der Waals surface area contributed by atoms with Crippen LogP contribution in [0.1, 0.15) is 37.0 Å². The van der Waals surface area contributed by atoms with Crippen molar-refractivity contribution in [2.24, 2.45) is 0 Å². The van der Waals surface area contributed by atoms with Crippen LogP contribution in [-0.4, -0.2) is 29.6 Å². The number of rotatable bonds is 12. The Hall–Kier alpha value is -4.38. The lowest BCUT2D eigenvalue weighted by molar-refractivity contribution is -0.121. The zero-order valence-electron chi connectivity index (χ0n) is 21.3. The Morgan fingerprint density at radius 1 is 0.865 bits per heavy atom. The van der Waals surface area contributed by atoms with Crippen LogP contribution < -0.4 is 9.64 Å². The molecule has 0 amide bonds. The smallest absolute Gasteiger partial charge is 0.163 e. The first-order valence-electron chi connectivity index (χ1n) is 12.6. The number of hydrogen-bond donors (Lipinski definition) is 1. The number of benzene rings is 3. The normalized spacial score (nSPS) is 11.4. The van der Waals surface area contributed by atoms with Gasteiger partial charge in [-0.15, -0.1) is 0 Å². The van der Waals surface area contributed by atoms with E-state index in [1.54, 1.807) is 12.2 Å². The molecule has 0 aliphatic heterocycles. The van der Waals surface area contributed by atoms with Crippen LogP contribution in [0.2, 0.25) is 0 Å². The number of ketones is 2. The number of carbonyl (C=O) groups is 2. The van der Waals surface area contributed by atoms with E-state index in [1.807, 2.05) is 79.0 Å². The van der Waals surface area contributed by atoms with Gasteiger partial charge >= 0.3 is 0 Å². The average molecular weight is 493 g/mol. The molecule has 0 atom stereocenters. The van der Waals surface area contributed by atoms with E-state index in [0.717, 1.165) is 46.4 Å². The second-order valence-corrected chi connectivity index (χ2v) is 8.77. The van der Waals surface area contributed by atoms with Crippen LogP contribution in [0.5, 0.6) is 5.75 Å². The quantitative estimate of drug-likeness (QED) is 0.174. The van der Waals surface area contributed by atoms with Gasteiger partial charge in [0.05, 0.1) is 6.42 Å². The van der Waals surface area contributed by atoms with Gasteiger partial charge in [-0.1, -0.05) is 48.5 Å². The van der Waals surface area contributed by atoms with E-state index in [0.29, 0.717) is 12.4 Å². The maximum absolute atomic E-state index is 12.5. The van der Waals surface area contributed by atoms with Crippen LogP contribution in [0.3, 0.4) is 0 Å². The summed E-state index contributed by atoms with van der Waals surface area (Å²) in [5.41, 5.74) is 4.83. The number of aromatic amines is 1. The van der Waals surface area contributed by atoms with Gasteiger partial charge in [-0.2, -0.15) is 0 Å². The summed E-state index contributed by atoms with van der Waals surface area (Å²) in [7, 11) is 0. The molecule has 1 N–H and O–H groups in total. The van der Waals surface area contributed by atoms with Crippen molar-refractivity contribution >= 4 is 40.3 Å². The largest absolute Gasteiger partial charge is 0.488 e. The molecule has 0 aliphatic rings. The van der Waals surface area contributed by atoms with E-state index in [4.69, 9.17) is 4.74 Å². The molecule has 0 saturated carbocycles. The van der Waals surface area contributed by atoms with Gasteiger partial charge in [0.25, 0.3) is 0 Å². The molecule has 0 bridgehead atoms. The summed E-state index contributed by atoms with van der Waals surface area (Å²) >= 11 is 0. The number of hydrogen-bond acceptors (Lipinski definition) is 4. The highest BCUT2D eigenvalue weighted by atomic mass is 16.5. The van der Waals surface area contributed by atoms with Gasteiger partial charge in [0.15, 0.2) is 11.6 Å². The Morgan fingerprint density at radius 2 is 1.62 bits per heavy atom. The van der Waals surface area contributed by atoms with Crippen molar-refractivity contribution in [1.29, 1.82) is 0 Å². The minimum atomic E-state index is -0.253. The molecular formula is C32H32N2O3. The summed E-state index contributed by atoms with van der Waals surface area (Å²) in [5, 5.41) is 1.11.